The van der Waals surface area contributed by atoms with E-state index in [0.717, 1.165) is 18.4 Å². The molecule has 1 aromatic carbocycles. The summed E-state index contributed by atoms with van der Waals surface area (Å²) < 4.78 is 0. The van der Waals surface area contributed by atoms with Gasteiger partial charge in [-0.15, -0.1) is 0 Å². The average Bonchev–Trinajstić information content (AvgIpc) is 2.65. The van der Waals surface area contributed by atoms with Crippen molar-refractivity contribution in [1.29, 1.82) is 0 Å². The lowest BCUT2D eigenvalue weighted by Crippen LogP contribution is -2.15. The van der Waals surface area contributed by atoms with Gasteiger partial charge in [-0.2, -0.15) is 0 Å². The Hall–Kier alpha value is -1.61. The summed E-state index contributed by atoms with van der Waals surface area (Å²) in [4.78, 5) is 14.7. The summed E-state index contributed by atoms with van der Waals surface area (Å²) in [5, 5.41) is 10.4. The van der Waals surface area contributed by atoms with Crippen LogP contribution in [0, 0.1) is 6.92 Å². The van der Waals surface area contributed by atoms with Gasteiger partial charge in [-0.25, -0.2) is 0 Å². The number of aliphatic hydroxyl groups excluding tert-OH is 1. The molecule has 0 saturated carbocycles. The second-order valence-electron chi connectivity index (χ2n) is 4.77. The third-order valence-electron chi connectivity index (χ3n) is 3.34. The fourth-order valence-electron chi connectivity index (χ4n) is 2.31. The molecule has 0 saturated heterocycles. The van der Waals surface area contributed by atoms with Crippen LogP contribution in [0.1, 0.15) is 31.0 Å². The summed E-state index contributed by atoms with van der Waals surface area (Å²) in [6, 6.07) is 8.20. The minimum atomic E-state index is -0.839. The topological polar surface area (TPSA) is 53.1 Å². The number of nitrogens with one attached hydrogen (secondary N) is 1. The van der Waals surface area contributed by atoms with Crippen molar-refractivity contribution in [2.75, 3.05) is 0 Å². The van der Waals surface area contributed by atoms with Gasteiger partial charge in [0.15, 0.2) is 5.78 Å². The summed E-state index contributed by atoms with van der Waals surface area (Å²) in [5.74, 6) is -0.0764. The molecular formula is C15H19NO2. The van der Waals surface area contributed by atoms with Gasteiger partial charge in [0, 0.05) is 23.0 Å². The molecule has 18 heavy (non-hydrogen) atoms. The van der Waals surface area contributed by atoms with E-state index in [9.17, 15) is 4.79 Å². The highest BCUT2D eigenvalue weighted by Gasteiger charge is 2.11. The van der Waals surface area contributed by atoms with Gasteiger partial charge in [0.25, 0.3) is 0 Å². The van der Waals surface area contributed by atoms with Crippen molar-refractivity contribution in [3.63, 3.8) is 0 Å². The minimum Gasteiger partial charge on any atom is -0.386 e. The smallest absolute Gasteiger partial charge is 0.160 e. The highest BCUT2D eigenvalue weighted by atomic mass is 16.3. The monoisotopic (exact) mass is 245 g/mol. The predicted molar refractivity (Wildman–Crippen MR) is 72.7 cm³/mol. The summed E-state index contributed by atoms with van der Waals surface area (Å²) in [6.07, 6.45) is 1.26. The molecule has 2 aromatic rings. The van der Waals surface area contributed by atoms with E-state index in [1.807, 2.05) is 12.1 Å². The van der Waals surface area contributed by atoms with Crippen LogP contribution in [0.2, 0.25) is 0 Å². The van der Waals surface area contributed by atoms with Gasteiger partial charge in [0.05, 0.1) is 0 Å². The van der Waals surface area contributed by atoms with Gasteiger partial charge >= 0.3 is 0 Å². The fraction of sp³-hybridized carbons (Fsp3) is 0.400. The summed E-state index contributed by atoms with van der Waals surface area (Å²) in [6.45, 7) is 3.59. The van der Waals surface area contributed by atoms with Crippen molar-refractivity contribution in [1.82, 2.24) is 4.98 Å². The van der Waals surface area contributed by atoms with Crippen molar-refractivity contribution in [3.8, 4) is 0 Å². The van der Waals surface area contributed by atoms with Crippen LogP contribution in [-0.2, 0) is 11.2 Å². The zero-order valence-electron chi connectivity index (χ0n) is 10.9. The largest absolute Gasteiger partial charge is 0.386 e. The van der Waals surface area contributed by atoms with Gasteiger partial charge < -0.3 is 10.1 Å². The van der Waals surface area contributed by atoms with E-state index < -0.39 is 6.10 Å². The molecule has 2 rings (SSSR count). The number of aryl methyl sites for hydroxylation is 2. The minimum absolute atomic E-state index is 0.0764. The quantitative estimate of drug-likeness (QED) is 0.851. The van der Waals surface area contributed by atoms with Crippen molar-refractivity contribution < 1.29 is 9.90 Å². The van der Waals surface area contributed by atoms with Gasteiger partial charge in [0.2, 0.25) is 0 Å². The number of aromatic amines is 1. The van der Waals surface area contributed by atoms with E-state index in [-0.39, 0.29) is 5.78 Å². The molecule has 1 unspecified atom stereocenters. The Balaban J connectivity index is 2.08. The van der Waals surface area contributed by atoms with E-state index in [4.69, 9.17) is 5.11 Å². The van der Waals surface area contributed by atoms with Crippen molar-refractivity contribution in [2.45, 2.75) is 39.2 Å². The molecule has 0 aliphatic heterocycles. The summed E-state index contributed by atoms with van der Waals surface area (Å²) in [5.41, 5.74) is 3.59. The van der Waals surface area contributed by atoms with Crippen LogP contribution >= 0.6 is 0 Å². The lowest BCUT2D eigenvalue weighted by Gasteiger charge is -2.04. The van der Waals surface area contributed by atoms with E-state index in [0.29, 0.717) is 6.42 Å². The Bertz CT molecular complexity index is 555. The standard InChI is InChI=1S/C15H19NO2/c1-10-12(7-5-9-15(18)11(2)17)13-6-3-4-8-14(13)16-10/h3-4,6,8,11,16-17H,5,7,9H2,1-2H3. The van der Waals surface area contributed by atoms with E-state index in [1.54, 1.807) is 0 Å². The number of hydrogen-bond donors (Lipinski definition) is 2. The molecule has 1 heterocycles. The number of hydrogen-bond acceptors (Lipinski definition) is 2. The van der Waals surface area contributed by atoms with Crippen LogP contribution < -0.4 is 0 Å². The maximum absolute atomic E-state index is 11.4. The summed E-state index contributed by atoms with van der Waals surface area (Å²) in [7, 11) is 0. The normalized spacial score (nSPS) is 12.8. The Morgan fingerprint density at radius 2 is 2.11 bits per heavy atom. The number of carbonyl (C=O) groups excluding carboxylic acids is 1. The SMILES string of the molecule is Cc1[nH]c2ccccc2c1CCCC(=O)C(C)O. The average molecular weight is 245 g/mol. The molecule has 3 nitrogen and oxygen atoms in total. The Morgan fingerprint density at radius 3 is 2.83 bits per heavy atom. The summed E-state index contributed by atoms with van der Waals surface area (Å²) >= 11 is 0. The number of para-hydroxylation sites is 1. The highest BCUT2D eigenvalue weighted by Crippen LogP contribution is 2.23. The van der Waals surface area contributed by atoms with Crippen LogP contribution in [0.4, 0.5) is 0 Å². The molecule has 0 fully saturated rings. The molecule has 0 radical (unpaired) electrons. The molecule has 3 heteroatoms. The molecule has 96 valence electrons. The first-order valence-electron chi connectivity index (χ1n) is 6.36. The number of H-pyrrole nitrogens is 1. The van der Waals surface area contributed by atoms with Crippen LogP contribution in [-0.4, -0.2) is 22.0 Å². The number of rotatable bonds is 5. The number of aliphatic hydroxyl groups is 1. The number of benzene rings is 1. The molecule has 2 N–H and O–H groups in total. The third kappa shape index (κ3) is 2.62. The molecule has 0 aliphatic rings. The first-order chi connectivity index (χ1) is 8.59. The Labute approximate surface area is 107 Å². The first-order valence-corrected chi connectivity index (χ1v) is 6.36. The fourth-order valence-corrected chi connectivity index (χ4v) is 2.31. The second-order valence-corrected chi connectivity index (χ2v) is 4.77. The lowest BCUT2D eigenvalue weighted by atomic mass is 10.0. The van der Waals surface area contributed by atoms with Crippen LogP contribution in [0.15, 0.2) is 24.3 Å². The van der Waals surface area contributed by atoms with Crippen molar-refractivity contribution in [2.24, 2.45) is 0 Å². The number of fused-ring (bicyclic) bond motifs is 1. The van der Waals surface area contributed by atoms with Crippen molar-refractivity contribution >= 4 is 16.7 Å². The molecule has 1 atom stereocenters. The third-order valence-corrected chi connectivity index (χ3v) is 3.34. The van der Waals surface area contributed by atoms with Gasteiger partial charge in [-0.05, 0) is 38.3 Å². The Morgan fingerprint density at radius 1 is 1.39 bits per heavy atom. The highest BCUT2D eigenvalue weighted by molar-refractivity contribution is 5.85. The van der Waals surface area contributed by atoms with Gasteiger partial charge in [0.1, 0.15) is 6.10 Å². The van der Waals surface area contributed by atoms with Crippen LogP contribution in [0.25, 0.3) is 10.9 Å². The molecule has 1 aromatic heterocycles. The Kier molecular flexibility index (Phi) is 3.82. The number of aromatic nitrogens is 1. The number of carbonyl (C=O) groups is 1. The van der Waals surface area contributed by atoms with Crippen molar-refractivity contribution in [3.05, 3.63) is 35.5 Å². The maximum Gasteiger partial charge on any atom is 0.160 e. The molecule has 0 aliphatic carbocycles. The number of Topliss-reactive ketones (excluding diaryl/α,β-unsaturated/α-hetero) is 1. The number of ketones is 1. The predicted octanol–water partition coefficient (Wildman–Crippen LogP) is 2.75. The molecule has 0 amide bonds. The molecule has 0 bridgehead atoms. The van der Waals surface area contributed by atoms with Gasteiger partial charge in [-0.3, -0.25) is 4.79 Å². The van der Waals surface area contributed by atoms with Crippen LogP contribution in [0.3, 0.4) is 0 Å². The molecular weight excluding hydrogens is 226 g/mol. The molecule has 0 spiro atoms. The van der Waals surface area contributed by atoms with Crippen LogP contribution in [0.5, 0.6) is 0 Å². The van der Waals surface area contributed by atoms with E-state index in [1.165, 1.54) is 23.6 Å². The first kappa shape index (κ1) is 12.8. The van der Waals surface area contributed by atoms with Gasteiger partial charge in [-0.1, -0.05) is 18.2 Å². The van der Waals surface area contributed by atoms with E-state index >= 15 is 0 Å². The lowest BCUT2D eigenvalue weighted by molar-refractivity contribution is -0.126. The van der Waals surface area contributed by atoms with E-state index in [2.05, 4.69) is 24.0 Å². The maximum atomic E-state index is 11.4. The second kappa shape index (κ2) is 5.36. The zero-order chi connectivity index (χ0) is 13.1. The zero-order valence-corrected chi connectivity index (χ0v) is 10.9.